The van der Waals surface area contributed by atoms with Gasteiger partial charge in [0.2, 0.25) is 5.91 Å². The molecule has 2 aromatic carbocycles. The second kappa shape index (κ2) is 8.93. The van der Waals surface area contributed by atoms with Crippen molar-refractivity contribution >= 4 is 39.6 Å². The number of halogens is 1. The van der Waals surface area contributed by atoms with Crippen LogP contribution in [0.3, 0.4) is 0 Å². The van der Waals surface area contributed by atoms with Gasteiger partial charge in [-0.3, -0.25) is 9.59 Å². The van der Waals surface area contributed by atoms with Crippen LogP contribution < -0.4 is 5.32 Å². The van der Waals surface area contributed by atoms with Gasteiger partial charge >= 0.3 is 5.97 Å². The van der Waals surface area contributed by atoms with Crippen LogP contribution in [0.5, 0.6) is 0 Å². The molecule has 6 heteroatoms. The van der Waals surface area contributed by atoms with Crippen LogP contribution in [0.25, 0.3) is 0 Å². The number of esters is 1. The molecule has 27 heavy (non-hydrogen) atoms. The zero-order valence-corrected chi connectivity index (χ0v) is 17.7. The second-order valence-corrected chi connectivity index (χ2v) is 8.41. The fourth-order valence-electron chi connectivity index (χ4n) is 3.21. The highest BCUT2D eigenvalue weighted by atomic mass is 79.9. The van der Waals surface area contributed by atoms with Crippen molar-refractivity contribution in [1.29, 1.82) is 0 Å². The summed E-state index contributed by atoms with van der Waals surface area (Å²) in [6.07, 6.45) is 2.96. The van der Waals surface area contributed by atoms with Crippen molar-refractivity contribution in [2.75, 3.05) is 13.4 Å². The van der Waals surface area contributed by atoms with Crippen LogP contribution in [0.2, 0.25) is 0 Å². The molecule has 1 aliphatic rings. The van der Waals surface area contributed by atoms with Gasteiger partial charge in [0, 0.05) is 15.3 Å². The number of rotatable bonds is 7. The van der Waals surface area contributed by atoms with Gasteiger partial charge in [-0.25, -0.2) is 0 Å². The van der Waals surface area contributed by atoms with Crippen molar-refractivity contribution in [3.05, 3.63) is 64.1 Å². The Hall–Kier alpha value is -1.79. The van der Waals surface area contributed by atoms with Gasteiger partial charge < -0.3 is 10.1 Å². The third kappa shape index (κ3) is 5.14. The maximum atomic E-state index is 12.8. The van der Waals surface area contributed by atoms with Crippen LogP contribution >= 0.6 is 27.7 Å². The summed E-state index contributed by atoms with van der Waals surface area (Å²) in [5.74, 6) is -0.165. The van der Waals surface area contributed by atoms with Crippen molar-refractivity contribution in [3.63, 3.8) is 0 Å². The summed E-state index contributed by atoms with van der Waals surface area (Å²) in [7, 11) is 1.36. The van der Waals surface area contributed by atoms with E-state index in [9.17, 15) is 9.59 Å². The predicted octanol–water partition coefficient (Wildman–Crippen LogP) is 4.70. The number of ether oxygens (including phenoxy) is 1. The largest absolute Gasteiger partial charge is 0.469 e. The lowest BCUT2D eigenvalue weighted by Crippen LogP contribution is -2.32. The minimum atomic E-state index is -0.385. The molecule has 0 spiro atoms. The topological polar surface area (TPSA) is 55.4 Å². The van der Waals surface area contributed by atoms with Gasteiger partial charge in [-0.1, -0.05) is 40.2 Å². The van der Waals surface area contributed by atoms with Crippen molar-refractivity contribution in [3.8, 4) is 0 Å². The fraction of sp³-hybridized carbons (Fsp3) is 0.333. The number of carbonyl (C=O) groups is 2. The molecule has 0 radical (unpaired) electrons. The molecule has 1 saturated carbocycles. The van der Waals surface area contributed by atoms with E-state index in [4.69, 9.17) is 4.74 Å². The van der Waals surface area contributed by atoms with E-state index < -0.39 is 0 Å². The quantitative estimate of drug-likeness (QED) is 0.493. The number of methoxy groups -OCH3 is 1. The molecule has 4 nitrogen and oxygen atoms in total. The lowest BCUT2D eigenvalue weighted by molar-refractivity contribution is -0.141. The minimum Gasteiger partial charge on any atom is -0.469 e. The number of hydrogen-bond acceptors (Lipinski definition) is 4. The first kappa shape index (κ1) is 20.0. The van der Waals surface area contributed by atoms with Crippen LogP contribution in [0.4, 0.5) is 0 Å². The Balaban J connectivity index is 1.70. The predicted molar refractivity (Wildman–Crippen MR) is 111 cm³/mol. The first-order valence-corrected chi connectivity index (χ1v) is 10.8. The molecule has 2 aromatic rings. The molecule has 1 N–H and O–H groups in total. The molecular weight excluding hydrogens is 426 g/mol. The van der Waals surface area contributed by atoms with Crippen molar-refractivity contribution in [2.24, 2.45) is 5.92 Å². The molecule has 1 amide bonds. The maximum Gasteiger partial charge on any atom is 0.307 e. The summed E-state index contributed by atoms with van der Waals surface area (Å²) in [6, 6.07) is 15.6. The van der Waals surface area contributed by atoms with E-state index in [1.807, 2.05) is 42.7 Å². The summed E-state index contributed by atoms with van der Waals surface area (Å²) in [4.78, 5) is 25.7. The maximum absolute atomic E-state index is 12.8. The first-order chi connectivity index (χ1) is 13.0. The Morgan fingerprint density at radius 1 is 1.26 bits per heavy atom. The number of nitrogens with one attached hydrogen (secondary N) is 1. The molecule has 0 aliphatic heterocycles. The number of hydrogen-bond donors (Lipinski definition) is 1. The Morgan fingerprint density at radius 3 is 2.63 bits per heavy atom. The molecule has 0 bridgehead atoms. The molecule has 0 heterocycles. The van der Waals surface area contributed by atoms with Crippen molar-refractivity contribution in [1.82, 2.24) is 5.32 Å². The molecule has 0 saturated heterocycles. The summed E-state index contributed by atoms with van der Waals surface area (Å²) in [6.45, 7) is 0. The van der Waals surface area contributed by atoms with Crippen molar-refractivity contribution in [2.45, 2.75) is 29.7 Å². The third-order valence-corrected chi connectivity index (χ3v) is 6.07. The molecule has 0 aromatic heterocycles. The van der Waals surface area contributed by atoms with E-state index in [2.05, 4.69) is 33.4 Å². The standard InChI is InChI=1S/C21H22BrNO3S/c1-26-20(24)12-19(13-6-8-16(27-2)9-7-13)23-21(25)18-11-17(18)14-4-3-5-15(22)10-14/h3-10,17-19H,11-12H2,1-2H3,(H,23,25). The van der Waals surface area contributed by atoms with E-state index in [-0.39, 0.29) is 36.2 Å². The Kier molecular flexibility index (Phi) is 6.60. The number of thioether (sulfide) groups is 1. The van der Waals surface area contributed by atoms with Gasteiger partial charge in [0.25, 0.3) is 0 Å². The third-order valence-electron chi connectivity index (χ3n) is 4.84. The van der Waals surface area contributed by atoms with Crippen LogP contribution in [-0.4, -0.2) is 25.2 Å². The fourth-order valence-corrected chi connectivity index (χ4v) is 4.03. The van der Waals surface area contributed by atoms with Gasteiger partial charge in [-0.15, -0.1) is 11.8 Å². The summed E-state index contributed by atoms with van der Waals surface area (Å²) < 4.78 is 5.83. The SMILES string of the molecule is COC(=O)CC(NC(=O)C1CC1c1cccc(Br)c1)c1ccc(SC)cc1. The van der Waals surface area contributed by atoms with E-state index in [0.29, 0.717) is 0 Å². The van der Waals surface area contributed by atoms with E-state index in [1.54, 1.807) is 11.8 Å². The minimum absolute atomic E-state index is 0.0113. The molecule has 1 aliphatic carbocycles. The van der Waals surface area contributed by atoms with E-state index in [1.165, 1.54) is 12.7 Å². The molecular formula is C21H22BrNO3S. The van der Waals surface area contributed by atoms with Gasteiger partial charge in [0.15, 0.2) is 0 Å². The zero-order chi connectivity index (χ0) is 19.4. The molecule has 142 valence electrons. The molecule has 1 fully saturated rings. The summed E-state index contributed by atoms with van der Waals surface area (Å²) in [5, 5.41) is 3.05. The van der Waals surface area contributed by atoms with E-state index >= 15 is 0 Å². The number of carbonyl (C=O) groups excluding carboxylic acids is 2. The van der Waals surface area contributed by atoms with Gasteiger partial charge in [-0.2, -0.15) is 0 Å². The van der Waals surface area contributed by atoms with Gasteiger partial charge in [0.1, 0.15) is 0 Å². The van der Waals surface area contributed by atoms with Crippen LogP contribution in [0.15, 0.2) is 57.9 Å². The average Bonchev–Trinajstić information content (AvgIpc) is 3.48. The highest BCUT2D eigenvalue weighted by Gasteiger charge is 2.44. The highest BCUT2D eigenvalue weighted by molar-refractivity contribution is 9.10. The molecule has 3 unspecified atom stereocenters. The smallest absolute Gasteiger partial charge is 0.307 e. The number of amides is 1. The summed E-state index contributed by atoms with van der Waals surface area (Å²) >= 11 is 5.13. The van der Waals surface area contributed by atoms with E-state index in [0.717, 1.165) is 21.4 Å². The Morgan fingerprint density at radius 2 is 2.00 bits per heavy atom. The lowest BCUT2D eigenvalue weighted by Gasteiger charge is -2.19. The zero-order valence-electron chi connectivity index (χ0n) is 15.3. The van der Waals surface area contributed by atoms with Crippen LogP contribution in [-0.2, 0) is 14.3 Å². The Labute approximate surface area is 172 Å². The Bertz CT molecular complexity index is 824. The van der Waals surface area contributed by atoms with Gasteiger partial charge in [0.05, 0.1) is 19.6 Å². The monoisotopic (exact) mass is 447 g/mol. The summed E-state index contributed by atoms with van der Waals surface area (Å²) in [5.41, 5.74) is 2.07. The van der Waals surface area contributed by atoms with Crippen LogP contribution in [0.1, 0.15) is 35.9 Å². The first-order valence-electron chi connectivity index (χ1n) is 8.78. The van der Waals surface area contributed by atoms with Gasteiger partial charge in [-0.05, 0) is 54.0 Å². The lowest BCUT2D eigenvalue weighted by atomic mass is 10.0. The van der Waals surface area contributed by atoms with Crippen LogP contribution in [0, 0.1) is 5.92 Å². The molecule has 3 atom stereocenters. The highest BCUT2D eigenvalue weighted by Crippen LogP contribution is 2.48. The second-order valence-electron chi connectivity index (χ2n) is 6.62. The molecule has 3 rings (SSSR count). The average molecular weight is 448 g/mol. The van der Waals surface area contributed by atoms with Crippen molar-refractivity contribution < 1.29 is 14.3 Å². The normalized spacial score (nSPS) is 19.2. The number of benzene rings is 2.